The van der Waals surface area contributed by atoms with Crippen molar-refractivity contribution < 1.29 is 22.7 Å². The third-order valence-corrected chi connectivity index (χ3v) is 9.07. The van der Waals surface area contributed by atoms with Crippen LogP contribution in [0.3, 0.4) is 0 Å². The van der Waals surface area contributed by atoms with Crippen molar-refractivity contribution in [2.24, 2.45) is 0 Å². The van der Waals surface area contributed by atoms with Gasteiger partial charge in [-0.25, -0.2) is 8.42 Å². The van der Waals surface area contributed by atoms with Gasteiger partial charge in [0.05, 0.1) is 30.6 Å². The van der Waals surface area contributed by atoms with E-state index >= 15 is 0 Å². The van der Waals surface area contributed by atoms with Crippen LogP contribution in [-0.2, 0) is 14.8 Å². The molecule has 0 radical (unpaired) electrons. The van der Waals surface area contributed by atoms with Crippen LogP contribution in [0.5, 0.6) is 11.5 Å². The highest BCUT2D eigenvalue weighted by Crippen LogP contribution is 2.31. The van der Waals surface area contributed by atoms with Gasteiger partial charge in [0.25, 0.3) is 0 Å². The average molecular weight is 582 g/mol. The lowest BCUT2D eigenvalue weighted by Gasteiger charge is -2.19. The molecule has 0 saturated heterocycles. The van der Waals surface area contributed by atoms with Crippen LogP contribution in [-0.4, -0.2) is 66.5 Å². The molecule has 4 aromatic rings. The second-order valence-corrected chi connectivity index (χ2v) is 11.4. The Labute approximate surface area is 238 Å². The molecule has 1 amide bonds. The average Bonchev–Trinajstić information content (AvgIpc) is 3.41. The molecule has 1 heterocycles. The minimum Gasteiger partial charge on any atom is -0.497 e. The maximum atomic E-state index is 13.2. The van der Waals surface area contributed by atoms with Gasteiger partial charge in [0, 0.05) is 30.4 Å². The molecule has 0 aliphatic rings. The number of sulfonamides is 1. The third kappa shape index (κ3) is 6.30. The maximum Gasteiger partial charge on any atom is 0.243 e. The number of nitrogens with zero attached hydrogens (tertiary/aromatic N) is 4. The molecule has 0 bridgehead atoms. The van der Waals surface area contributed by atoms with Gasteiger partial charge in [-0.3, -0.25) is 9.36 Å². The fraction of sp³-hybridized carbons (Fsp3) is 0.250. The first kappa shape index (κ1) is 29.1. The van der Waals surface area contributed by atoms with E-state index in [1.807, 2.05) is 34.9 Å². The van der Waals surface area contributed by atoms with E-state index in [0.29, 0.717) is 46.8 Å². The topological polar surface area (TPSA) is 116 Å². The number of nitrogens with one attached hydrogen (secondary N) is 1. The molecular weight excluding hydrogens is 550 g/mol. The van der Waals surface area contributed by atoms with E-state index in [-0.39, 0.29) is 16.6 Å². The summed E-state index contributed by atoms with van der Waals surface area (Å²) >= 11 is 1.21. The summed E-state index contributed by atoms with van der Waals surface area (Å²) in [5.74, 6) is 1.32. The lowest BCUT2D eigenvalue weighted by atomic mass is 10.2. The molecule has 0 spiro atoms. The highest BCUT2D eigenvalue weighted by Gasteiger charge is 2.24. The Kier molecular flexibility index (Phi) is 9.46. The van der Waals surface area contributed by atoms with Gasteiger partial charge in [-0.15, -0.1) is 10.2 Å². The minimum absolute atomic E-state index is 0.0434. The molecular formula is C28H31N5O5S2. The zero-order chi connectivity index (χ0) is 28.7. The highest BCUT2D eigenvalue weighted by molar-refractivity contribution is 7.99. The number of hydrogen-bond donors (Lipinski definition) is 1. The molecule has 40 heavy (non-hydrogen) atoms. The number of rotatable bonds is 12. The van der Waals surface area contributed by atoms with Gasteiger partial charge in [-0.2, -0.15) is 4.31 Å². The second kappa shape index (κ2) is 13.0. The zero-order valence-electron chi connectivity index (χ0n) is 22.7. The first-order chi connectivity index (χ1) is 19.3. The van der Waals surface area contributed by atoms with Crippen LogP contribution in [0.4, 0.5) is 5.69 Å². The van der Waals surface area contributed by atoms with E-state index < -0.39 is 10.0 Å². The minimum atomic E-state index is -3.67. The first-order valence-corrected chi connectivity index (χ1v) is 15.0. The molecule has 210 valence electrons. The lowest BCUT2D eigenvalue weighted by Crippen LogP contribution is -2.30. The van der Waals surface area contributed by atoms with E-state index in [4.69, 9.17) is 9.47 Å². The molecule has 10 nitrogen and oxygen atoms in total. The third-order valence-electron chi connectivity index (χ3n) is 6.10. The summed E-state index contributed by atoms with van der Waals surface area (Å²) in [5, 5.41) is 12.1. The number of thioether (sulfide) groups is 1. The summed E-state index contributed by atoms with van der Waals surface area (Å²) < 4.78 is 40.2. The van der Waals surface area contributed by atoms with Crippen LogP contribution in [0.2, 0.25) is 0 Å². The van der Waals surface area contributed by atoms with E-state index in [9.17, 15) is 13.2 Å². The number of amides is 1. The van der Waals surface area contributed by atoms with Gasteiger partial charge >= 0.3 is 0 Å². The molecule has 4 rings (SSSR count). The number of carbonyl (C=O) groups excluding carboxylic acids is 1. The number of aromatic nitrogens is 3. The summed E-state index contributed by atoms with van der Waals surface area (Å²) in [4.78, 5) is 13.1. The van der Waals surface area contributed by atoms with Crippen molar-refractivity contribution in [2.45, 2.75) is 23.9 Å². The number of para-hydroxylation sites is 1. The first-order valence-electron chi connectivity index (χ1n) is 12.6. The van der Waals surface area contributed by atoms with Gasteiger partial charge in [0.15, 0.2) is 11.0 Å². The Hall–Kier alpha value is -3.87. The Bertz CT molecular complexity index is 1570. The van der Waals surface area contributed by atoms with E-state index in [0.717, 1.165) is 5.69 Å². The second-order valence-electron chi connectivity index (χ2n) is 8.50. The quantitative estimate of drug-likeness (QED) is 0.239. The summed E-state index contributed by atoms with van der Waals surface area (Å²) in [6.45, 7) is 4.35. The smallest absolute Gasteiger partial charge is 0.243 e. The summed E-state index contributed by atoms with van der Waals surface area (Å²) in [7, 11) is -0.592. The monoisotopic (exact) mass is 581 g/mol. The number of methoxy groups -OCH3 is 2. The number of hydrogen-bond acceptors (Lipinski definition) is 8. The number of anilines is 1. The molecule has 0 aliphatic carbocycles. The van der Waals surface area contributed by atoms with Crippen molar-refractivity contribution in [1.82, 2.24) is 19.1 Å². The normalized spacial score (nSPS) is 11.4. The van der Waals surface area contributed by atoms with Crippen LogP contribution in [0, 0.1) is 0 Å². The van der Waals surface area contributed by atoms with E-state index in [1.165, 1.54) is 23.2 Å². The van der Waals surface area contributed by atoms with Gasteiger partial charge < -0.3 is 14.8 Å². The molecule has 0 saturated carbocycles. The van der Waals surface area contributed by atoms with Crippen molar-refractivity contribution in [3.05, 3.63) is 72.8 Å². The Morgan fingerprint density at radius 1 is 0.950 bits per heavy atom. The van der Waals surface area contributed by atoms with Gasteiger partial charge in [-0.05, 0) is 36.4 Å². The molecule has 3 aromatic carbocycles. The van der Waals surface area contributed by atoms with Crippen molar-refractivity contribution >= 4 is 33.4 Å². The number of benzene rings is 3. The summed E-state index contributed by atoms with van der Waals surface area (Å²) in [6, 6.07) is 21.3. The summed E-state index contributed by atoms with van der Waals surface area (Å²) in [6.07, 6.45) is 0. The van der Waals surface area contributed by atoms with Crippen molar-refractivity contribution in [3.8, 4) is 28.6 Å². The lowest BCUT2D eigenvalue weighted by molar-refractivity contribution is -0.113. The highest BCUT2D eigenvalue weighted by atomic mass is 32.2. The fourth-order valence-corrected chi connectivity index (χ4v) is 6.35. The van der Waals surface area contributed by atoms with Crippen molar-refractivity contribution in [3.63, 3.8) is 0 Å². The van der Waals surface area contributed by atoms with Gasteiger partial charge in [-0.1, -0.05) is 55.9 Å². The largest absolute Gasteiger partial charge is 0.497 e. The van der Waals surface area contributed by atoms with Crippen molar-refractivity contribution in [1.29, 1.82) is 0 Å². The van der Waals surface area contributed by atoms with Gasteiger partial charge in [0.2, 0.25) is 15.9 Å². The predicted molar refractivity (Wildman–Crippen MR) is 156 cm³/mol. The van der Waals surface area contributed by atoms with Crippen LogP contribution in [0.25, 0.3) is 17.1 Å². The van der Waals surface area contributed by atoms with E-state index in [2.05, 4.69) is 15.5 Å². The SMILES string of the molecule is CCN(CC)S(=O)(=O)c1cccc(-c2nnc(SCC(=O)Nc3cc(OC)ccc3OC)n2-c2ccccc2)c1. The Morgan fingerprint density at radius 3 is 2.38 bits per heavy atom. The van der Waals surface area contributed by atoms with Crippen molar-refractivity contribution in [2.75, 3.05) is 38.4 Å². The predicted octanol–water partition coefficient (Wildman–Crippen LogP) is 4.71. The maximum absolute atomic E-state index is 13.2. The molecule has 0 aliphatic heterocycles. The molecule has 0 fully saturated rings. The molecule has 12 heteroatoms. The number of carbonyl (C=O) groups is 1. The van der Waals surface area contributed by atoms with Crippen LogP contribution in [0.15, 0.2) is 82.8 Å². The molecule has 0 atom stereocenters. The zero-order valence-corrected chi connectivity index (χ0v) is 24.3. The van der Waals surface area contributed by atoms with Crippen LogP contribution < -0.4 is 14.8 Å². The molecule has 1 aromatic heterocycles. The Balaban J connectivity index is 1.65. The molecule has 0 unspecified atom stereocenters. The van der Waals surface area contributed by atoms with Crippen LogP contribution >= 0.6 is 11.8 Å². The molecule has 1 N–H and O–H groups in total. The number of ether oxygens (including phenoxy) is 2. The van der Waals surface area contributed by atoms with E-state index in [1.54, 1.807) is 63.4 Å². The standard InChI is InChI=1S/C28H31N5O5S2/c1-5-32(6-2)40(35,36)23-14-10-11-20(17-23)27-30-31-28(33(27)21-12-8-7-9-13-21)39-19-26(34)29-24-18-22(37-3)15-16-25(24)38-4/h7-18H,5-6,19H2,1-4H3,(H,29,34). The fourth-order valence-electron chi connectivity index (χ4n) is 4.10. The summed E-state index contributed by atoms with van der Waals surface area (Å²) in [5.41, 5.74) is 1.85. The van der Waals surface area contributed by atoms with Crippen LogP contribution in [0.1, 0.15) is 13.8 Å². The Morgan fingerprint density at radius 2 is 1.70 bits per heavy atom. The van der Waals surface area contributed by atoms with Gasteiger partial charge in [0.1, 0.15) is 11.5 Å².